The molecule has 4 amide bonds. The molecule has 3 aromatic carbocycles. The van der Waals surface area contributed by atoms with Crippen molar-refractivity contribution in [2.75, 3.05) is 45.6 Å². The highest BCUT2D eigenvalue weighted by Gasteiger charge is 2.38. The number of ether oxygens (including phenoxy) is 2. The second kappa shape index (κ2) is 23.6. The van der Waals surface area contributed by atoms with Crippen LogP contribution in [0.15, 0.2) is 48.5 Å². The zero-order valence-corrected chi connectivity index (χ0v) is 41.7. The Morgan fingerprint density at radius 2 is 1.59 bits per heavy atom. The predicted octanol–water partition coefficient (Wildman–Crippen LogP) is -0.648. The number of amides is 4. The largest absolute Gasteiger partial charge is 0.504 e. The maximum Gasteiger partial charge on any atom is 0.326 e. The molecule has 1 aromatic heterocycles. The SMILES string of the molecule is CCC(C)(C)c1ccc(-c2nc(C)c(C(=O)NC(CNS(N)(=O)=O)C(=O)N(C)[C@@H]3C(=O)N[C@@H](C)C(=O)N[C@H](C(=O)O)Cc4ccc(OCC(O)CN)c(c4)-c4cc3cc(OCC(O)CN)c4O)c(N)n2)c(F)c1. The van der Waals surface area contributed by atoms with Crippen LogP contribution in [-0.4, -0.2) is 144 Å². The van der Waals surface area contributed by atoms with E-state index in [-0.39, 0.29) is 82.2 Å². The van der Waals surface area contributed by atoms with Crippen molar-refractivity contribution < 1.29 is 66.7 Å². The normalized spacial score (nSPS) is 17.5. The number of nitrogens with one attached hydrogen (secondary N) is 4. The highest BCUT2D eigenvalue weighted by Crippen LogP contribution is 2.45. The van der Waals surface area contributed by atoms with Crippen LogP contribution in [-0.2, 0) is 41.2 Å². The molecule has 396 valence electrons. The number of phenols is 1. The molecule has 0 saturated heterocycles. The molecular formula is C47H62FN11O13S. The summed E-state index contributed by atoms with van der Waals surface area (Å²) in [5.74, 6) is -8.13. The average molecular weight is 1040 g/mol. The smallest absolute Gasteiger partial charge is 0.326 e. The number of rotatable bonds is 19. The molecule has 6 atom stereocenters. The molecule has 26 heteroatoms. The number of phenolic OH excluding ortho intramolecular Hbond substituents is 1. The quantitative estimate of drug-likeness (QED) is 0.0555. The number of aryl methyl sites for hydroxylation is 1. The van der Waals surface area contributed by atoms with E-state index < -0.39 is 112 Å². The number of nitrogen functional groups attached to an aromatic ring is 1. The molecule has 24 nitrogen and oxygen atoms in total. The van der Waals surface area contributed by atoms with Gasteiger partial charge < -0.3 is 68.0 Å². The fourth-order valence-corrected chi connectivity index (χ4v) is 8.01. The zero-order valence-electron chi connectivity index (χ0n) is 40.9. The fourth-order valence-electron chi connectivity index (χ4n) is 7.61. The number of aliphatic hydroxyl groups excluding tert-OH is 2. The van der Waals surface area contributed by atoms with E-state index in [1.165, 1.54) is 50.2 Å². The number of nitrogens with two attached hydrogens (primary N) is 4. The van der Waals surface area contributed by atoms with Crippen LogP contribution in [0.2, 0.25) is 0 Å². The number of carboxylic acid groups (broad SMARTS) is 1. The van der Waals surface area contributed by atoms with E-state index in [1.54, 1.807) is 6.07 Å². The summed E-state index contributed by atoms with van der Waals surface area (Å²) in [6.45, 7) is 6.17. The number of aromatic nitrogens is 2. The van der Waals surface area contributed by atoms with Crippen LogP contribution in [0, 0.1) is 12.7 Å². The van der Waals surface area contributed by atoms with Crippen LogP contribution in [0.5, 0.6) is 17.2 Å². The number of aromatic hydroxyl groups is 1. The summed E-state index contributed by atoms with van der Waals surface area (Å²) >= 11 is 0. The summed E-state index contributed by atoms with van der Waals surface area (Å²) in [5, 5.41) is 55.2. The number of aliphatic hydroxyl groups is 2. The molecule has 0 radical (unpaired) electrons. The van der Waals surface area contributed by atoms with Gasteiger partial charge in [-0.3, -0.25) is 19.2 Å². The van der Waals surface area contributed by atoms with Crippen molar-refractivity contribution in [3.8, 4) is 39.8 Å². The van der Waals surface area contributed by atoms with Crippen LogP contribution < -0.4 is 52.5 Å². The molecular weight excluding hydrogens is 978 g/mol. The average Bonchev–Trinajstić information content (AvgIpc) is 3.32. The number of anilines is 1. The van der Waals surface area contributed by atoms with E-state index in [1.807, 2.05) is 25.5 Å². The second-order valence-electron chi connectivity index (χ2n) is 18.1. The van der Waals surface area contributed by atoms with Crippen LogP contribution >= 0.6 is 0 Å². The lowest BCUT2D eigenvalue weighted by Crippen LogP contribution is -2.57. The Morgan fingerprint density at radius 3 is 2.16 bits per heavy atom. The molecule has 4 aromatic rings. The minimum atomic E-state index is -4.58. The van der Waals surface area contributed by atoms with Gasteiger partial charge in [-0.15, -0.1) is 0 Å². The van der Waals surface area contributed by atoms with Gasteiger partial charge in [0.2, 0.25) is 17.7 Å². The third-order valence-electron chi connectivity index (χ3n) is 12.3. The van der Waals surface area contributed by atoms with Gasteiger partial charge in [0.15, 0.2) is 17.3 Å². The molecule has 0 fully saturated rings. The Kier molecular flexibility index (Phi) is 18.4. The van der Waals surface area contributed by atoms with E-state index in [2.05, 4.69) is 25.9 Å². The van der Waals surface area contributed by atoms with E-state index in [0.29, 0.717) is 0 Å². The first-order chi connectivity index (χ1) is 34.2. The highest BCUT2D eigenvalue weighted by molar-refractivity contribution is 7.87. The molecule has 1 aliphatic heterocycles. The maximum absolute atomic E-state index is 15.6. The van der Waals surface area contributed by atoms with Crippen molar-refractivity contribution in [3.05, 3.63) is 82.3 Å². The van der Waals surface area contributed by atoms with Crippen LogP contribution in [0.4, 0.5) is 10.2 Å². The lowest BCUT2D eigenvalue weighted by atomic mass is 9.82. The minimum absolute atomic E-state index is 0.0128. The zero-order chi connectivity index (χ0) is 54.3. The number of halogens is 1. The Bertz CT molecular complexity index is 2830. The van der Waals surface area contributed by atoms with Crippen molar-refractivity contribution in [2.24, 2.45) is 16.6 Å². The van der Waals surface area contributed by atoms with Crippen molar-refractivity contribution >= 4 is 45.6 Å². The van der Waals surface area contributed by atoms with Gasteiger partial charge in [-0.1, -0.05) is 32.9 Å². The number of carboxylic acids is 1. The summed E-state index contributed by atoms with van der Waals surface area (Å²) < 4.78 is 53.8. The van der Waals surface area contributed by atoms with Gasteiger partial charge in [0.25, 0.3) is 16.1 Å². The third kappa shape index (κ3) is 13.9. The number of benzene rings is 3. The third-order valence-corrected chi connectivity index (χ3v) is 12.8. The first-order valence-electron chi connectivity index (χ1n) is 22.8. The molecule has 2 heterocycles. The number of nitrogens with zero attached hydrogens (tertiary/aromatic N) is 3. The van der Waals surface area contributed by atoms with Crippen LogP contribution in [0.1, 0.15) is 72.9 Å². The molecule has 0 saturated carbocycles. The lowest BCUT2D eigenvalue weighted by Gasteiger charge is -2.33. The summed E-state index contributed by atoms with van der Waals surface area (Å²) in [6.07, 6.45) is -2.05. The first kappa shape index (κ1) is 56.8. The Balaban J connectivity index is 1.67. The topological polar surface area (TPSA) is 400 Å². The number of carbonyl (C=O) groups excluding carboxylic acids is 4. The number of fused-ring (bicyclic) bond motifs is 5. The molecule has 4 bridgehead atoms. The first-order valence-corrected chi connectivity index (χ1v) is 24.4. The van der Waals surface area contributed by atoms with Gasteiger partial charge in [0.05, 0.1) is 11.3 Å². The fraction of sp³-hybridized carbons (Fsp3) is 0.426. The monoisotopic (exact) mass is 1040 g/mol. The summed E-state index contributed by atoms with van der Waals surface area (Å²) in [7, 11) is -3.50. The number of likely N-dealkylation sites (N-methyl/N-ethyl adjacent to an activating group) is 1. The summed E-state index contributed by atoms with van der Waals surface area (Å²) in [5.41, 5.74) is 17.4. The van der Waals surface area contributed by atoms with E-state index in [9.17, 15) is 52.8 Å². The van der Waals surface area contributed by atoms with Crippen LogP contribution in [0.25, 0.3) is 22.5 Å². The standard InChI is InChI=1S/C47H62FN11O13S/c1-7-47(4,5)26-9-10-29(32(48)16-26)41-54-22(2)37(40(51)58-41)43(64)57-34(19-53-73(52,69)70)45(66)59(6)38-25-14-31(39(62)36(15-25)72-21-28(61)18-50)30-12-24(8-11-35(30)71-20-27(60)17-49)13-33(46(67)68)56-42(63)23(3)55-44(38)65/h8-12,14-16,23,27-28,33-34,38,53,60-62H,7,13,17-21,49-50H2,1-6H3,(H,55,65)(H,56,63)(H,57,64)(H,67,68)(H2,51,54,58)(H2,52,69,70)/t23-,27?,28?,33-,34?,38-/m0/s1. The molecule has 0 aliphatic carbocycles. The van der Waals surface area contributed by atoms with Crippen molar-refractivity contribution in [2.45, 2.75) is 89.3 Å². The number of hydrogen-bond acceptors (Lipinski definition) is 17. The van der Waals surface area contributed by atoms with Crippen molar-refractivity contribution in [3.63, 3.8) is 0 Å². The molecule has 1 aliphatic rings. The second-order valence-corrected chi connectivity index (χ2v) is 19.5. The van der Waals surface area contributed by atoms with Gasteiger partial charge in [0, 0.05) is 44.2 Å². The Hall–Kier alpha value is -7.07. The summed E-state index contributed by atoms with van der Waals surface area (Å²) in [6, 6.07) is 4.32. The van der Waals surface area contributed by atoms with Gasteiger partial charge >= 0.3 is 5.97 Å². The maximum atomic E-state index is 15.6. The van der Waals surface area contributed by atoms with Crippen molar-refractivity contribution in [1.82, 2.24) is 35.5 Å². The van der Waals surface area contributed by atoms with Crippen molar-refractivity contribution in [1.29, 1.82) is 0 Å². The Morgan fingerprint density at radius 1 is 0.945 bits per heavy atom. The number of hydrogen-bond donors (Lipinski definition) is 12. The Labute approximate surface area is 420 Å². The molecule has 5 rings (SSSR count). The molecule has 73 heavy (non-hydrogen) atoms. The predicted molar refractivity (Wildman–Crippen MR) is 263 cm³/mol. The van der Waals surface area contributed by atoms with Gasteiger partial charge in [-0.2, -0.15) is 13.1 Å². The van der Waals surface area contributed by atoms with Crippen LogP contribution in [0.3, 0.4) is 0 Å². The molecule has 0 spiro atoms. The van der Waals surface area contributed by atoms with Gasteiger partial charge in [-0.05, 0) is 78.8 Å². The van der Waals surface area contributed by atoms with Gasteiger partial charge in [-0.25, -0.2) is 24.3 Å². The van der Waals surface area contributed by atoms with E-state index in [0.717, 1.165) is 30.0 Å². The lowest BCUT2D eigenvalue weighted by molar-refractivity contribution is -0.143. The number of carbonyl (C=O) groups is 5. The summed E-state index contributed by atoms with van der Waals surface area (Å²) in [4.78, 5) is 79.1. The van der Waals surface area contributed by atoms with E-state index in [4.69, 9.17) is 31.8 Å². The molecule has 3 unspecified atom stereocenters. The van der Waals surface area contributed by atoms with Gasteiger partial charge in [0.1, 0.15) is 72.5 Å². The molecule has 16 N–H and O–H groups in total. The minimum Gasteiger partial charge on any atom is -0.504 e. The van der Waals surface area contributed by atoms with E-state index >= 15 is 4.39 Å². The highest BCUT2D eigenvalue weighted by atomic mass is 32.2. The number of aliphatic carboxylic acids is 1.